The Bertz CT molecular complexity index is 1440. The highest BCUT2D eigenvalue weighted by molar-refractivity contribution is 5.78. The van der Waals surface area contributed by atoms with Crippen LogP contribution in [0, 0.1) is 18.6 Å². The zero-order chi connectivity index (χ0) is 22.2. The molecule has 1 N–H and O–H groups in total. The van der Waals surface area contributed by atoms with Gasteiger partial charge in [0.1, 0.15) is 5.75 Å². The number of hydrogen-bond donors (Lipinski definition) is 1. The number of rotatable bonds is 5. The highest BCUT2D eigenvalue weighted by Gasteiger charge is 2.13. The summed E-state index contributed by atoms with van der Waals surface area (Å²) in [6.07, 6.45) is 5.38. The molecule has 0 radical (unpaired) electrons. The van der Waals surface area contributed by atoms with Crippen LogP contribution in [0.4, 0.5) is 20.4 Å². The van der Waals surface area contributed by atoms with Gasteiger partial charge in [0.25, 0.3) is 0 Å². The average molecular weight is 432 g/mol. The first kappa shape index (κ1) is 19.7. The van der Waals surface area contributed by atoms with E-state index in [1.165, 1.54) is 6.07 Å². The number of benzene rings is 2. The van der Waals surface area contributed by atoms with Gasteiger partial charge in [0.05, 0.1) is 24.8 Å². The van der Waals surface area contributed by atoms with Gasteiger partial charge in [-0.05, 0) is 48.9 Å². The molecule has 3 heterocycles. The molecule has 9 heteroatoms. The number of halogens is 2. The number of aryl methyl sites for hydroxylation is 1. The molecule has 0 saturated heterocycles. The normalized spacial score (nSPS) is 11.1. The first-order valence-corrected chi connectivity index (χ1v) is 9.78. The molecule has 0 amide bonds. The second-order valence-electron chi connectivity index (χ2n) is 7.19. The first-order chi connectivity index (χ1) is 15.5. The van der Waals surface area contributed by atoms with Crippen LogP contribution in [-0.2, 0) is 0 Å². The summed E-state index contributed by atoms with van der Waals surface area (Å²) in [4.78, 5) is 8.80. The van der Waals surface area contributed by atoms with Crippen molar-refractivity contribution in [2.24, 2.45) is 0 Å². The second-order valence-corrected chi connectivity index (χ2v) is 7.19. The van der Waals surface area contributed by atoms with Crippen molar-refractivity contribution in [3.8, 4) is 22.6 Å². The average Bonchev–Trinajstić information content (AvgIpc) is 3.41. The van der Waals surface area contributed by atoms with Gasteiger partial charge in [0, 0.05) is 29.7 Å². The maximum atomic E-state index is 13.7. The summed E-state index contributed by atoms with van der Waals surface area (Å²) in [6.45, 7) is 1.92. The molecular formula is C23H18F2N6O. The highest BCUT2D eigenvalue weighted by Crippen LogP contribution is 2.29. The van der Waals surface area contributed by atoms with Crippen LogP contribution in [0.3, 0.4) is 0 Å². The lowest BCUT2D eigenvalue weighted by molar-refractivity contribution is 0.413. The Labute approximate surface area is 181 Å². The van der Waals surface area contributed by atoms with E-state index in [-0.39, 0.29) is 0 Å². The van der Waals surface area contributed by atoms with Crippen LogP contribution in [-0.4, -0.2) is 31.3 Å². The van der Waals surface area contributed by atoms with Crippen molar-refractivity contribution in [2.45, 2.75) is 6.92 Å². The molecule has 0 atom stereocenters. The summed E-state index contributed by atoms with van der Waals surface area (Å²) < 4.78 is 36.1. The van der Waals surface area contributed by atoms with Crippen molar-refractivity contribution in [3.63, 3.8) is 0 Å². The van der Waals surface area contributed by atoms with Gasteiger partial charge >= 0.3 is 0 Å². The summed E-state index contributed by atoms with van der Waals surface area (Å²) in [5.74, 6) is -0.803. The van der Waals surface area contributed by atoms with E-state index in [9.17, 15) is 8.78 Å². The largest absolute Gasteiger partial charge is 0.494 e. The lowest BCUT2D eigenvalue weighted by Gasteiger charge is -2.11. The van der Waals surface area contributed by atoms with Crippen LogP contribution >= 0.6 is 0 Å². The quantitative estimate of drug-likeness (QED) is 0.427. The molecule has 5 aromatic rings. The number of aromatic nitrogens is 5. The van der Waals surface area contributed by atoms with Crippen molar-refractivity contribution in [2.75, 3.05) is 12.4 Å². The van der Waals surface area contributed by atoms with Gasteiger partial charge in [-0.3, -0.25) is 0 Å². The predicted molar refractivity (Wildman–Crippen MR) is 116 cm³/mol. The fraction of sp³-hybridized carbons (Fsp3) is 0.0870. The zero-order valence-electron chi connectivity index (χ0n) is 17.3. The Morgan fingerprint density at radius 3 is 2.66 bits per heavy atom. The monoisotopic (exact) mass is 432 g/mol. The minimum absolute atomic E-state index is 0.355. The van der Waals surface area contributed by atoms with Crippen molar-refractivity contribution < 1.29 is 13.5 Å². The van der Waals surface area contributed by atoms with E-state index in [1.807, 2.05) is 35.9 Å². The van der Waals surface area contributed by atoms with Gasteiger partial charge in [-0.25, -0.2) is 18.3 Å². The summed E-state index contributed by atoms with van der Waals surface area (Å²) in [5.41, 5.74) is 4.14. The Balaban J connectivity index is 1.49. The molecule has 2 aromatic carbocycles. The smallest absolute Gasteiger partial charge is 0.247 e. The minimum atomic E-state index is -0.914. The zero-order valence-corrected chi connectivity index (χ0v) is 17.3. The van der Waals surface area contributed by atoms with E-state index < -0.39 is 11.6 Å². The van der Waals surface area contributed by atoms with Crippen molar-refractivity contribution in [3.05, 3.63) is 84.6 Å². The summed E-state index contributed by atoms with van der Waals surface area (Å²) in [6, 6.07) is 12.9. The molecule has 0 spiro atoms. The number of pyridine rings is 1. The molecular weight excluding hydrogens is 414 g/mol. The molecule has 0 saturated carbocycles. The second kappa shape index (κ2) is 7.77. The molecule has 32 heavy (non-hydrogen) atoms. The lowest BCUT2D eigenvalue weighted by Crippen LogP contribution is -1.98. The van der Waals surface area contributed by atoms with E-state index >= 15 is 0 Å². The number of ether oxygens (including phenoxy) is 1. The van der Waals surface area contributed by atoms with E-state index in [4.69, 9.17) is 4.74 Å². The number of hydrogen-bond acceptors (Lipinski definition) is 5. The number of nitrogens with one attached hydrogen (secondary N) is 1. The molecule has 3 aromatic heterocycles. The summed E-state index contributed by atoms with van der Waals surface area (Å²) in [7, 11) is 1.60. The van der Waals surface area contributed by atoms with E-state index in [1.54, 1.807) is 36.3 Å². The molecule has 0 aliphatic heterocycles. The fourth-order valence-electron chi connectivity index (χ4n) is 3.50. The van der Waals surface area contributed by atoms with Crippen LogP contribution in [0.5, 0.6) is 5.75 Å². The number of imidazole rings is 1. The lowest BCUT2D eigenvalue weighted by atomic mass is 10.1. The summed E-state index contributed by atoms with van der Waals surface area (Å²) in [5, 5.41) is 7.61. The topological polar surface area (TPSA) is 69.3 Å². The third-order valence-corrected chi connectivity index (χ3v) is 5.02. The minimum Gasteiger partial charge on any atom is -0.494 e. The van der Waals surface area contributed by atoms with Gasteiger partial charge in [0.15, 0.2) is 17.3 Å². The van der Waals surface area contributed by atoms with Crippen molar-refractivity contribution >= 4 is 17.3 Å². The van der Waals surface area contributed by atoms with Gasteiger partial charge in [-0.1, -0.05) is 6.07 Å². The third-order valence-electron chi connectivity index (χ3n) is 5.02. The third kappa shape index (κ3) is 3.53. The van der Waals surface area contributed by atoms with E-state index in [0.717, 1.165) is 29.2 Å². The van der Waals surface area contributed by atoms with Crippen molar-refractivity contribution in [1.29, 1.82) is 0 Å². The number of methoxy groups -OCH3 is 1. The van der Waals surface area contributed by atoms with Crippen LogP contribution < -0.4 is 10.1 Å². The Hall–Kier alpha value is -4.27. The Kier molecular flexibility index (Phi) is 4.78. The maximum Gasteiger partial charge on any atom is 0.247 e. The van der Waals surface area contributed by atoms with Gasteiger partial charge < -0.3 is 14.6 Å². The maximum absolute atomic E-state index is 13.7. The molecule has 0 aliphatic rings. The van der Waals surface area contributed by atoms with E-state index in [0.29, 0.717) is 28.5 Å². The summed E-state index contributed by atoms with van der Waals surface area (Å²) >= 11 is 0. The SMILES string of the molecule is COc1cc(Nc2nc3c(-c4ccc(F)c(F)c4)cccn3n2)ccc1-n1cnc(C)c1. The first-order valence-electron chi connectivity index (χ1n) is 9.78. The Morgan fingerprint density at radius 2 is 1.91 bits per heavy atom. The van der Waals surface area contributed by atoms with Crippen LogP contribution in [0.15, 0.2) is 67.3 Å². The Morgan fingerprint density at radius 1 is 1.03 bits per heavy atom. The molecule has 0 unspecified atom stereocenters. The highest BCUT2D eigenvalue weighted by atomic mass is 19.2. The molecule has 0 fully saturated rings. The van der Waals surface area contributed by atoms with Crippen LogP contribution in [0.2, 0.25) is 0 Å². The molecule has 0 bridgehead atoms. The van der Waals surface area contributed by atoms with Crippen LogP contribution in [0.1, 0.15) is 5.69 Å². The van der Waals surface area contributed by atoms with E-state index in [2.05, 4.69) is 20.4 Å². The molecule has 5 rings (SSSR count). The standard InChI is InChI=1S/C23H18F2N6O/c1-14-12-30(13-26-14)20-8-6-16(11-21(20)32-2)27-23-28-22-17(4-3-9-31(22)29-23)15-5-7-18(24)19(25)10-15/h3-13H,1-2H3,(H,27,29). The van der Waals surface area contributed by atoms with Gasteiger partial charge in [-0.15, -0.1) is 5.10 Å². The van der Waals surface area contributed by atoms with Gasteiger partial charge in [0.2, 0.25) is 5.95 Å². The molecule has 160 valence electrons. The number of nitrogens with zero attached hydrogens (tertiary/aromatic N) is 5. The van der Waals surface area contributed by atoms with Gasteiger partial charge in [-0.2, -0.15) is 4.98 Å². The molecule has 0 aliphatic carbocycles. The fourth-order valence-corrected chi connectivity index (χ4v) is 3.50. The van der Waals surface area contributed by atoms with Crippen molar-refractivity contribution in [1.82, 2.24) is 24.1 Å². The predicted octanol–water partition coefficient (Wildman–Crippen LogP) is 4.92. The number of anilines is 2. The molecule has 7 nitrogen and oxygen atoms in total. The number of fused-ring (bicyclic) bond motifs is 1. The van der Waals surface area contributed by atoms with Crippen LogP contribution in [0.25, 0.3) is 22.5 Å².